The molecular formula is C15H13N3O3. The number of nitrogens with zero attached hydrogens (tertiary/aromatic N) is 3. The van der Waals surface area contributed by atoms with Gasteiger partial charge in [0.05, 0.1) is 11.1 Å². The zero-order valence-electron chi connectivity index (χ0n) is 11.6. The number of carbonyl (C=O) groups excluding carboxylic acids is 3. The van der Waals surface area contributed by atoms with Gasteiger partial charge in [0.1, 0.15) is 5.69 Å². The first-order chi connectivity index (χ1) is 10.0. The number of fused-ring (bicyclic) bond motifs is 1. The van der Waals surface area contributed by atoms with Gasteiger partial charge in [-0.3, -0.25) is 14.4 Å². The summed E-state index contributed by atoms with van der Waals surface area (Å²) in [4.78, 5) is 38.3. The molecule has 2 heterocycles. The summed E-state index contributed by atoms with van der Waals surface area (Å²) in [6.45, 7) is 0. The fraction of sp³-hybridized carbons (Fsp3) is 0.133. The Bertz CT molecular complexity index is 726. The van der Waals surface area contributed by atoms with Crippen LogP contribution in [-0.4, -0.2) is 41.4 Å². The van der Waals surface area contributed by atoms with E-state index in [1.807, 2.05) is 0 Å². The van der Waals surface area contributed by atoms with Crippen LogP contribution in [0.15, 0.2) is 42.6 Å². The molecule has 2 aromatic rings. The average molecular weight is 283 g/mol. The molecule has 3 rings (SSSR count). The fourth-order valence-electron chi connectivity index (χ4n) is 2.32. The average Bonchev–Trinajstić information content (AvgIpc) is 3.03. The largest absolute Gasteiger partial charge is 0.343 e. The Morgan fingerprint density at radius 2 is 1.52 bits per heavy atom. The second-order valence-electron chi connectivity index (χ2n) is 4.91. The zero-order chi connectivity index (χ0) is 15.1. The summed E-state index contributed by atoms with van der Waals surface area (Å²) in [5, 5.41) is 0.987. The SMILES string of the molecule is CN(C)C(=O)c1cccn1N1C(=O)c2ccccc2C1=O. The van der Waals surface area contributed by atoms with Gasteiger partial charge in [0.2, 0.25) is 0 Å². The lowest BCUT2D eigenvalue weighted by Gasteiger charge is -2.19. The van der Waals surface area contributed by atoms with Gasteiger partial charge >= 0.3 is 0 Å². The minimum Gasteiger partial charge on any atom is -0.343 e. The molecule has 3 amide bonds. The molecule has 0 atom stereocenters. The van der Waals surface area contributed by atoms with Crippen molar-refractivity contribution >= 4 is 17.7 Å². The maximum absolute atomic E-state index is 12.4. The van der Waals surface area contributed by atoms with E-state index < -0.39 is 11.8 Å². The lowest BCUT2D eigenvalue weighted by Crippen LogP contribution is -2.42. The van der Waals surface area contributed by atoms with Crippen molar-refractivity contribution in [1.82, 2.24) is 9.58 Å². The molecule has 0 bridgehead atoms. The van der Waals surface area contributed by atoms with E-state index >= 15 is 0 Å². The predicted molar refractivity (Wildman–Crippen MR) is 75.8 cm³/mol. The van der Waals surface area contributed by atoms with E-state index in [0.717, 1.165) is 5.01 Å². The Labute approximate surface area is 121 Å². The molecule has 6 nitrogen and oxygen atoms in total. The number of hydrogen-bond acceptors (Lipinski definition) is 3. The van der Waals surface area contributed by atoms with E-state index in [4.69, 9.17) is 0 Å². The number of carbonyl (C=O) groups is 3. The topological polar surface area (TPSA) is 62.6 Å². The molecular weight excluding hydrogens is 270 g/mol. The molecule has 0 unspecified atom stereocenters. The number of imide groups is 1. The van der Waals surface area contributed by atoms with Crippen LogP contribution in [-0.2, 0) is 0 Å². The third-order valence-electron chi connectivity index (χ3n) is 3.34. The van der Waals surface area contributed by atoms with Gasteiger partial charge in [-0.15, -0.1) is 0 Å². The molecule has 1 aromatic heterocycles. The molecule has 106 valence electrons. The van der Waals surface area contributed by atoms with Crippen LogP contribution < -0.4 is 5.01 Å². The van der Waals surface area contributed by atoms with E-state index in [0.29, 0.717) is 11.1 Å². The van der Waals surface area contributed by atoms with Crippen molar-refractivity contribution in [2.24, 2.45) is 0 Å². The standard InChI is InChI=1S/C15H13N3O3/c1-16(2)15(21)12-8-5-9-17(12)18-13(19)10-6-3-4-7-11(10)14(18)20/h3-9H,1-2H3. The van der Waals surface area contributed by atoms with Crippen molar-refractivity contribution in [3.05, 3.63) is 59.4 Å². The second-order valence-corrected chi connectivity index (χ2v) is 4.91. The molecule has 0 saturated carbocycles. The Morgan fingerprint density at radius 3 is 2.05 bits per heavy atom. The molecule has 0 aliphatic carbocycles. The first-order valence-corrected chi connectivity index (χ1v) is 6.39. The van der Waals surface area contributed by atoms with Gasteiger partial charge in [-0.05, 0) is 24.3 Å². The summed E-state index contributed by atoms with van der Waals surface area (Å²) in [6.07, 6.45) is 1.53. The van der Waals surface area contributed by atoms with Crippen LogP contribution in [0.4, 0.5) is 0 Å². The molecule has 21 heavy (non-hydrogen) atoms. The van der Waals surface area contributed by atoms with E-state index in [-0.39, 0.29) is 11.6 Å². The number of hydrogen-bond donors (Lipinski definition) is 0. The molecule has 0 N–H and O–H groups in total. The molecule has 0 saturated heterocycles. The maximum Gasteiger partial charge on any atom is 0.281 e. The molecule has 1 aromatic carbocycles. The second kappa shape index (κ2) is 4.59. The van der Waals surface area contributed by atoms with Crippen LogP contribution in [0, 0.1) is 0 Å². The number of rotatable bonds is 2. The van der Waals surface area contributed by atoms with Crippen LogP contribution in [0.2, 0.25) is 0 Å². The van der Waals surface area contributed by atoms with Crippen molar-refractivity contribution in [1.29, 1.82) is 0 Å². The smallest absolute Gasteiger partial charge is 0.281 e. The van der Waals surface area contributed by atoms with Gasteiger partial charge in [-0.25, -0.2) is 4.68 Å². The highest BCUT2D eigenvalue weighted by molar-refractivity contribution is 6.30. The van der Waals surface area contributed by atoms with Crippen molar-refractivity contribution in [3.63, 3.8) is 0 Å². The molecule has 6 heteroatoms. The van der Waals surface area contributed by atoms with Crippen molar-refractivity contribution in [3.8, 4) is 0 Å². The van der Waals surface area contributed by atoms with Gasteiger partial charge in [0, 0.05) is 20.3 Å². The first kappa shape index (κ1) is 13.1. The summed E-state index contributed by atoms with van der Waals surface area (Å²) in [5.41, 5.74) is 0.952. The molecule has 0 spiro atoms. The Hall–Kier alpha value is -2.89. The summed E-state index contributed by atoms with van der Waals surface area (Å²) in [6, 6.07) is 9.81. The molecule has 1 aliphatic heterocycles. The van der Waals surface area contributed by atoms with Crippen molar-refractivity contribution in [2.45, 2.75) is 0 Å². The lowest BCUT2D eigenvalue weighted by atomic mass is 10.1. The maximum atomic E-state index is 12.4. The summed E-state index contributed by atoms with van der Waals surface area (Å²) in [7, 11) is 3.23. The Morgan fingerprint density at radius 1 is 0.952 bits per heavy atom. The Balaban J connectivity index is 2.09. The van der Waals surface area contributed by atoms with E-state index in [2.05, 4.69) is 0 Å². The van der Waals surface area contributed by atoms with Crippen molar-refractivity contribution in [2.75, 3.05) is 19.1 Å². The monoisotopic (exact) mass is 283 g/mol. The van der Waals surface area contributed by atoms with Gasteiger partial charge in [-0.2, -0.15) is 5.01 Å². The van der Waals surface area contributed by atoms with E-state index in [1.165, 1.54) is 15.8 Å². The predicted octanol–water partition coefficient (Wildman–Crippen LogP) is 1.12. The van der Waals surface area contributed by atoms with Crippen molar-refractivity contribution < 1.29 is 14.4 Å². The minimum absolute atomic E-state index is 0.259. The van der Waals surface area contributed by atoms with E-state index in [1.54, 1.807) is 50.5 Å². The van der Waals surface area contributed by atoms with Gasteiger partial charge in [0.15, 0.2) is 0 Å². The van der Waals surface area contributed by atoms with Gasteiger partial charge in [0.25, 0.3) is 17.7 Å². The normalized spacial score (nSPS) is 13.5. The third kappa shape index (κ3) is 1.84. The minimum atomic E-state index is -0.431. The molecule has 1 aliphatic rings. The zero-order valence-corrected chi connectivity index (χ0v) is 11.6. The first-order valence-electron chi connectivity index (χ1n) is 6.39. The van der Waals surface area contributed by atoms with Gasteiger partial charge in [-0.1, -0.05) is 12.1 Å². The summed E-state index contributed by atoms with van der Waals surface area (Å²) < 4.78 is 1.30. The lowest BCUT2D eigenvalue weighted by molar-refractivity contribution is 0.0811. The summed E-state index contributed by atoms with van der Waals surface area (Å²) in [5.74, 6) is -1.14. The highest BCUT2D eigenvalue weighted by atomic mass is 16.2. The molecule has 0 radical (unpaired) electrons. The quantitative estimate of drug-likeness (QED) is 0.776. The van der Waals surface area contributed by atoms with Crippen LogP contribution in [0.1, 0.15) is 31.2 Å². The van der Waals surface area contributed by atoms with Crippen LogP contribution in [0.5, 0.6) is 0 Å². The third-order valence-corrected chi connectivity index (χ3v) is 3.34. The van der Waals surface area contributed by atoms with Crippen LogP contribution in [0.25, 0.3) is 0 Å². The van der Waals surface area contributed by atoms with Gasteiger partial charge < -0.3 is 4.90 Å². The fourth-order valence-corrected chi connectivity index (χ4v) is 2.32. The van der Waals surface area contributed by atoms with Crippen LogP contribution in [0.3, 0.4) is 0 Å². The number of benzene rings is 1. The van der Waals surface area contributed by atoms with E-state index in [9.17, 15) is 14.4 Å². The number of aromatic nitrogens is 1. The molecule has 0 fully saturated rings. The number of amides is 3. The van der Waals surface area contributed by atoms with Crippen LogP contribution >= 0.6 is 0 Å². The summed E-state index contributed by atoms with van der Waals surface area (Å²) >= 11 is 0. The Kier molecular flexibility index (Phi) is 2.86. The highest BCUT2D eigenvalue weighted by Gasteiger charge is 2.37. The highest BCUT2D eigenvalue weighted by Crippen LogP contribution is 2.22.